The van der Waals surface area contributed by atoms with Crippen molar-refractivity contribution in [2.45, 2.75) is 13.3 Å². The highest BCUT2D eigenvalue weighted by molar-refractivity contribution is 6.01. The molecule has 0 radical (unpaired) electrons. The minimum absolute atomic E-state index is 0.0168. The number of anilines is 1. The Bertz CT molecular complexity index is 972. The number of carbonyl (C=O) groups excluding carboxylic acids is 3. The van der Waals surface area contributed by atoms with Crippen molar-refractivity contribution >= 4 is 29.0 Å². The lowest BCUT2D eigenvalue weighted by atomic mass is 10.1. The van der Waals surface area contributed by atoms with Crippen LogP contribution in [0.25, 0.3) is 0 Å². The molecule has 2 aromatic rings. The zero-order valence-corrected chi connectivity index (χ0v) is 16.3. The van der Waals surface area contributed by atoms with Crippen LogP contribution in [0.3, 0.4) is 0 Å². The minimum atomic E-state index is -0.693. The molecule has 1 amide bonds. The van der Waals surface area contributed by atoms with Crippen molar-refractivity contribution in [3.05, 3.63) is 64.2 Å². The molecule has 1 heterocycles. The Kier molecular flexibility index (Phi) is 6.41. The Morgan fingerprint density at radius 1 is 1.20 bits per heavy atom. The van der Waals surface area contributed by atoms with E-state index in [-0.39, 0.29) is 30.1 Å². The van der Waals surface area contributed by atoms with Crippen molar-refractivity contribution in [3.8, 4) is 5.75 Å². The van der Waals surface area contributed by atoms with Gasteiger partial charge in [0, 0.05) is 36.3 Å². The summed E-state index contributed by atoms with van der Waals surface area (Å²) >= 11 is 0. The molecule has 1 atom stereocenters. The highest BCUT2D eigenvalue weighted by Gasteiger charge is 2.36. The van der Waals surface area contributed by atoms with Crippen molar-refractivity contribution in [2.24, 2.45) is 5.92 Å². The third-order valence-electron chi connectivity index (χ3n) is 4.64. The zero-order chi connectivity index (χ0) is 21.7. The number of esters is 1. The van der Waals surface area contributed by atoms with Gasteiger partial charge in [-0.2, -0.15) is 0 Å². The van der Waals surface area contributed by atoms with Gasteiger partial charge in [0.1, 0.15) is 5.75 Å². The molecular formula is C21H20N2O7. The second kappa shape index (κ2) is 9.17. The molecule has 1 aliphatic rings. The summed E-state index contributed by atoms with van der Waals surface area (Å²) in [6.45, 7) is 2.01. The monoisotopic (exact) mass is 412 g/mol. The molecule has 0 saturated carbocycles. The van der Waals surface area contributed by atoms with Gasteiger partial charge >= 0.3 is 5.97 Å². The summed E-state index contributed by atoms with van der Waals surface area (Å²) < 4.78 is 10.4. The molecule has 156 valence electrons. The average Bonchev–Trinajstić information content (AvgIpc) is 3.14. The van der Waals surface area contributed by atoms with Crippen LogP contribution >= 0.6 is 0 Å². The summed E-state index contributed by atoms with van der Waals surface area (Å²) in [5.41, 5.74) is 0.501. The summed E-state index contributed by atoms with van der Waals surface area (Å²) in [7, 11) is 0. The molecule has 0 aliphatic carbocycles. The van der Waals surface area contributed by atoms with E-state index in [1.807, 2.05) is 6.92 Å². The van der Waals surface area contributed by atoms with E-state index in [1.165, 1.54) is 23.1 Å². The molecule has 30 heavy (non-hydrogen) atoms. The molecule has 1 fully saturated rings. The number of hydrogen-bond acceptors (Lipinski definition) is 7. The van der Waals surface area contributed by atoms with E-state index >= 15 is 0 Å². The highest BCUT2D eigenvalue weighted by atomic mass is 16.6. The van der Waals surface area contributed by atoms with Crippen molar-refractivity contribution in [1.82, 2.24) is 0 Å². The second-order valence-corrected chi connectivity index (χ2v) is 6.67. The highest BCUT2D eigenvalue weighted by Crippen LogP contribution is 2.27. The normalized spacial score (nSPS) is 15.7. The molecular weight excluding hydrogens is 392 g/mol. The molecule has 1 saturated heterocycles. The Morgan fingerprint density at radius 3 is 2.60 bits per heavy atom. The van der Waals surface area contributed by atoms with E-state index in [1.54, 1.807) is 24.3 Å². The lowest BCUT2D eigenvalue weighted by Gasteiger charge is -2.17. The van der Waals surface area contributed by atoms with Gasteiger partial charge in [0.2, 0.25) is 11.7 Å². The van der Waals surface area contributed by atoms with Crippen molar-refractivity contribution in [1.29, 1.82) is 0 Å². The van der Waals surface area contributed by atoms with Crippen molar-refractivity contribution in [2.75, 3.05) is 24.7 Å². The number of nitro benzene ring substituents is 1. The number of amides is 1. The first-order valence-electron chi connectivity index (χ1n) is 9.36. The van der Waals surface area contributed by atoms with Crippen molar-refractivity contribution < 1.29 is 28.8 Å². The van der Waals surface area contributed by atoms with Crippen LogP contribution in [0, 0.1) is 16.0 Å². The average molecular weight is 412 g/mol. The smallest absolute Gasteiger partial charge is 0.311 e. The lowest BCUT2D eigenvalue weighted by molar-refractivity contribution is -0.384. The van der Waals surface area contributed by atoms with Crippen molar-refractivity contribution in [3.63, 3.8) is 0 Å². The summed E-state index contributed by atoms with van der Waals surface area (Å²) in [4.78, 5) is 48.5. The quantitative estimate of drug-likeness (QED) is 0.283. The minimum Gasteiger partial charge on any atom is -0.494 e. The zero-order valence-electron chi connectivity index (χ0n) is 16.3. The molecule has 1 aliphatic heterocycles. The van der Waals surface area contributed by atoms with E-state index in [9.17, 15) is 24.5 Å². The van der Waals surface area contributed by atoms with Gasteiger partial charge in [-0.3, -0.25) is 24.5 Å². The Hall–Kier alpha value is -3.75. The predicted octanol–water partition coefficient (Wildman–Crippen LogP) is 2.77. The van der Waals surface area contributed by atoms with Gasteiger partial charge in [0.25, 0.3) is 5.69 Å². The van der Waals surface area contributed by atoms with Crippen LogP contribution in [0.1, 0.15) is 23.7 Å². The Balaban J connectivity index is 1.57. The van der Waals surface area contributed by atoms with Crippen LogP contribution < -0.4 is 9.64 Å². The van der Waals surface area contributed by atoms with Gasteiger partial charge < -0.3 is 14.4 Å². The van der Waals surface area contributed by atoms with Gasteiger partial charge in [-0.05, 0) is 31.2 Å². The fraction of sp³-hybridized carbons (Fsp3) is 0.286. The first kappa shape index (κ1) is 21.0. The van der Waals surface area contributed by atoms with Gasteiger partial charge in [0.15, 0.2) is 6.61 Å². The number of hydrogen-bond donors (Lipinski definition) is 0. The Morgan fingerprint density at radius 2 is 1.93 bits per heavy atom. The molecule has 0 spiro atoms. The SMILES string of the molecule is CCOc1ccc(N2C[C@@H](C(=O)OCC(=O)c3cccc([N+](=O)[O-])c3)CC2=O)cc1. The largest absolute Gasteiger partial charge is 0.494 e. The molecule has 0 unspecified atom stereocenters. The van der Waals surface area contributed by atoms with E-state index < -0.39 is 29.2 Å². The molecule has 2 aromatic carbocycles. The first-order valence-corrected chi connectivity index (χ1v) is 9.36. The number of Topliss-reactive ketones (excluding diaryl/α,β-unsaturated/α-hetero) is 1. The summed E-state index contributed by atoms with van der Waals surface area (Å²) in [6, 6.07) is 12.2. The van der Waals surface area contributed by atoms with Gasteiger partial charge in [0.05, 0.1) is 17.4 Å². The summed E-state index contributed by atoms with van der Waals surface area (Å²) in [5, 5.41) is 10.8. The number of rotatable bonds is 8. The van der Waals surface area contributed by atoms with Gasteiger partial charge in [-0.25, -0.2) is 0 Å². The van der Waals surface area contributed by atoms with E-state index in [4.69, 9.17) is 9.47 Å². The molecule has 9 heteroatoms. The topological polar surface area (TPSA) is 116 Å². The molecule has 0 bridgehead atoms. The number of benzene rings is 2. The maximum atomic E-state index is 12.3. The third-order valence-corrected chi connectivity index (χ3v) is 4.64. The Labute approximate surface area is 172 Å². The maximum Gasteiger partial charge on any atom is 0.311 e. The number of ether oxygens (including phenoxy) is 2. The summed E-state index contributed by atoms with van der Waals surface area (Å²) in [6.07, 6.45) is -0.0168. The third kappa shape index (κ3) is 4.80. The number of nitro groups is 1. The number of carbonyl (C=O) groups is 3. The van der Waals surface area contributed by atoms with Crippen LogP contribution in [0.4, 0.5) is 11.4 Å². The van der Waals surface area contributed by atoms with E-state index in [2.05, 4.69) is 0 Å². The lowest BCUT2D eigenvalue weighted by Crippen LogP contribution is -2.27. The fourth-order valence-corrected chi connectivity index (χ4v) is 3.13. The summed E-state index contributed by atoms with van der Waals surface area (Å²) in [5.74, 6) is -1.44. The van der Waals surface area contributed by atoms with Crippen LogP contribution in [0.5, 0.6) is 5.75 Å². The first-order chi connectivity index (χ1) is 14.4. The van der Waals surface area contributed by atoms with Crippen LogP contribution in [-0.2, 0) is 14.3 Å². The molecule has 0 N–H and O–H groups in total. The van der Waals surface area contributed by atoms with Crippen LogP contribution in [-0.4, -0.2) is 42.3 Å². The number of nitrogens with zero attached hydrogens (tertiary/aromatic N) is 2. The van der Waals surface area contributed by atoms with Gasteiger partial charge in [-0.1, -0.05) is 12.1 Å². The fourth-order valence-electron chi connectivity index (χ4n) is 3.13. The van der Waals surface area contributed by atoms with E-state index in [0.717, 1.165) is 6.07 Å². The second-order valence-electron chi connectivity index (χ2n) is 6.67. The van der Waals surface area contributed by atoms with Gasteiger partial charge in [-0.15, -0.1) is 0 Å². The number of ketones is 1. The molecule has 3 rings (SSSR count). The van der Waals surface area contributed by atoms with Crippen LogP contribution in [0.2, 0.25) is 0 Å². The predicted molar refractivity (Wildman–Crippen MR) is 106 cm³/mol. The van der Waals surface area contributed by atoms with E-state index in [0.29, 0.717) is 18.0 Å². The van der Waals surface area contributed by atoms with Crippen LogP contribution in [0.15, 0.2) is 48.5 Å². The maximum absolute atomic E-state index is 12.3. The standard InChI is InChI=1S/C21H20N2O7/c1-2-29-18-8-6-16(7-9-18)22-12-15(11-20(22)25)21(26)30-13-19(24)14-4-3-5-17(10-14)23(27)28/h3-10,15H,2,11-13H2,1H3/t15-/m0/s1. The molecule has 0 aromatic heterocycles. The molecule has 9 nitrogen and oxygen atoms in total. The number of non-ortho nitro benzene ring substituents is 1.